The molecule has 27 heavy (non-hydrogen) atoms. The van der Waals surface area contributed by atoms with Crippen LogP contribution >= 0.6 is 11.3 Å². The van der Waals surface area contributed by atoms with Crippen LogP contribution < -0.4 is 9.47 Å². The summed E-state index contributed by atoms with van der Waals surface area (Å²) in [6, 6.07) is 8.81. The monoisotopic (exact) mass is 408 g/mol. The molecule has 10 heteroatoms. The summed E-state index contributed by atoms with van der Waals surface area (Å²) in [5.74, 6) is 1.85. The van der Waals surface area contributed by atoms with Crippen LogP contribution in [0.15, 0.2) is 40.9 Å². The van der Waals surface area contributed by atoms with Crippen molar-refractivity contribution in [2.45, 2.75) is 10.8 Å². The van der Waals surface area contributed by atoms with E-state index in [0.717, 1.165) is 10.4 Å². The Morgan fingerprint density at radius 1 is 1.19 bits per heavy atom. The number of benzene rings is 1. The van der Waals surface area contributed by atoms with Gasteiger partial charge in [0, 0.05) is 30.6 Å². The van der Waals surface area contributed by atoms with E-state index in [0.29, 0.717) is 17.3 Å². The molecule has 0 amide bonds. The van der Waals surface area contributed by atoms with Crippen molar-refractivity contribution in [3.8, 4) is 21.9 Å². The number of hydrogen-bond acceptors (Lipinski definition) is 7. The van der Waals surface area contributed by atoms with Crippen molar-refractivity contribution in [2.75, 3.05) is 21.3 Å². The van der Waals surface area contributed by atoms with Gasteiger partial charge < -0.3 is 14.0 Å². The zero-order valence-electron chi connectivity index (χ0n) is 15.4. The number of hydrogen-bond donors (Lipinski definition) is 0. The third-order valence-electron chi connectivity index (χ3n) is 4.09. The van der Waals surface area contributed by atoms with Gasteiger partial charge in [-0.15, -0.1) is 21.5 Å². The van der Waals surface area contributed by atoms with E-state index in [2.05, 4.69) is 10.2 Å². The molecule has 0 radical (unpaired) electrons. The average molecular weight is 409 g/mol. The van der Waals surface area contributed by atoms with Gasteiger partial charge in [0.25, 0.3) is 10.0 Å². The average Bonchev–Trinajstić information content (AvgIpc) is 3.31. The summed E-state index contributed by atoms with van der Waals surface area (Å²) in [5, 5.41) is 7.71. The number of rotatable bonds is 7. The summed E-state index contributed by atoms with van der Waals surface area (Å²) in [4.78, 5) is 0.792. The van der Waals surface area contributed by atoms with Crippen LogP contribution in [0.1, 0.15) is 5.82 Å². The van der Waals surface area contributed by atoms with E-state index in [1.165, 1.54) is 29.0 Å². The highest BCUT2D eigenvalue weighted by Gasteiger charge is 2.25. The fourth-order valence-corrected chi connectivity index (χ4v) is 5.17. The van der Waals surface area contributed by atoms with E-state index in [1.54, 1.807) is 44.0 Å². The summed E-state index contributed by atoms with van der Waals surface area (Å²) in [7, 11) is 2.80. The summed E-state index contributed by atoms with van der Waals surface area (Å²) in [5.41, 5.74) is 0.806. The molecule has 3 aromatic rings. The molecule has 0 aliphatic rings. The lowest BCUT2D eigenvalue weighted by atomic mass is 10.1. The van der Waals surface area contributed by atoms with Crippen LogP contribution in [0.25, 0.3) is 10.4 Å². The van der Waals surface area contributed by atoms with Crippen molar-refractivity contribution < 1.29 is 17.9 Å². The third kappa shape index (κ3) is 3.82. The molecule has 1 aromatic carbocycles. The van der Waals surface area contributed by atoms with Crippen LogP contribution in [0.2, 0.25) is 0 Å². The molecule has 144 valence electrons. The molecule has 0 saturated heterocycles. The van der Waals surface area contributed by atoms with Crippen molar-refractivity contribution in [3.63, 3.8) is 0 Å². The third-order valence-corrected chi connectivity index (χ3v) is 7.48. The van der Waals surface area contributed by atoms with E-state index < -0.39 is 10.0 Å². The Balaban J connectivity index is 1.89. The lowest BCUT2D eigenvalue weighted by Crippen LogP contribution is -2.27. The Hall–Kier alpha value is -2.43. The van der Waals surface area contributed by atoms with Crippen molar-refractivity contribution in [1.29, 1.82) is 0 Å². The molecule has 0 saturated carbocycles. The first-order valence-corrected chi connectivity index (χ1v) is 10.2. The topological polar surface area (TPSA) is 86.6 Å². The van der Waals surface area contributed by atoms with Gasteiger partial charge >= 0.3 is 0 Å². The molecule has 2 aromatic heterocycles. The first kappa shape index (κ1) is 19.3. The molecule has 0 N–H and O–H groups in total. The highest BCUT2D eigenvalue weighted by atomic mass is 32.2. The fourth-order valence-electron chi connectivity index (χ4n) is 2.49. The molecule has 0 spiro atoms. The quantitative estimate of drug-likeness (QED) is 0.597. The smallest absolute Gasteiger partial charge is 0.252 e. The predicted molar refractivity (Wildman–Crippen MR) is 103 cm³/mol. The van der Waals surface area contributed by atoms with E-state index in [4.69, 9.17) is 9.47 Å². The van der Waals surface area contributed by atoms with Crippen LogP contribution in [0, 0.1) is 0 Å². The molecule has 0 aliphatic carbocycles. The van der Waals surface area contributed by atoms with Gasteiger partial charge in [0.15, 0.2) is 0 Å². The first-order valence-electron chi connectivity index (χ1n) is 7.98. The first-order chi connectivity index (χ1) is 12.9. The molecular weight excluding hydrogens is 388 g/mol. The maximum atomic E-state index is 12.9. The fraction of sp³-hybridized carbons (Fsp3) is 0.294. The van der Waals surface area contributed by atoms with Crippen LogP contribution in [0.5, 0.6) is 11.5 Å². The minimum atomic E-state index is -3.65. The molecule has 0 atom stereocenters. The van der Waals surface area contributed by atoms with Crippen LogP contribution in [-0.2, 0) is 23.6 Å². The molecule has 3 rings (SSSR count). The van der Waals surface area contributed by atoms with Gasteiger partial charge in [-0.3, -0.25) is 0 Å². The standard InChI is InChI=1S/C17H20N4O4S2/c1-20-11-18-19-16(20)10-21(2)27(22,23)17-8-7-15(26-17)13-6-5-12(24-3)9-14(13)25-4/h5-9,11H,10H2,1-4H3. The Kier molecular flexibility index (Phi) is 5.49. The zero-order chi connectivity index (χ0) is 19.6. The molecule has 2 heterocycles. The van der Waals surface area contributed by atoms with Crippen LogP contribution in [0.3, 0.4) is 0 Å². The van der Waals surface area contributed by atoms with Gasteiger partial charge in [-0.2, -0.15) is 4.31 Å². The van der Waals surface area contributed by atoms with Gasteiger partial charge in [-0.05, 0) is 24.3 Å². The Morgan fingerprint density at radius 2 is 1.96 bits per heavy atom. The lowest BCUT2D eigenvalue weighted by Gasteiger charge is -2.15. The normalized spacial score (nSPS) is 11.7. The summed E-state index contributed by atoms with van der Waals surface area (Å²) in [6.07, 6.45) is 1.54. The highest BCUT2D eigenvalue weighted by Crippen LogP contribution is 2.38. The highest BCUT2D eigenvalue weighted by molar-refractivity contribution is 7.91. The summed E-state index contributed by atoms with van der Waals surface area (Å²) < 4.78 is 39.6. The number of aromatic nitrogens is 3. The number of nitrogens with zero attached hydrogens (tertiary/aromatic N) is 4. The van der Waals surface area contributed by atoms with Crippen LogP contribution in [-0.4, -0.2) is 48.8 Å². The molecule has 8 nitrogen and oxygen atoms in total. The number of thiophene rings is 1. The van der Waals surface area contributed by atoms with E-state index in [-0.39, 0.29) is 10.8 Å². The van der Waals surface area contributed by atoms with Crippen molar-refractivity contribution in [2.24, 2.45) is 7.05 Å². The van der Waals surface area contributed by atoms with Gasteiger partial charge in [0.1, 0.15) is 27.9 Å². The second-order valence-electron chi connectivity index (χ2n) is 5.80. The summed E-state index contributed by atoms with van der Waals surface area (Å²) in [6.45, 7) is 0.137. The molecule has 0 unspecified atom stereocenters. The zero-order valence-corrected chi connectivity index (χ0v) is 17.0. The number of sulfonamides is 1. The van der Waals surface area contributed by atoms with Gasteiger partial charge in [-0.1, -0.05) is 0 Å². The van der Waals surface area contributed by atoms with E-state index in [1.807, 2.05) is 12.1 Å². The van der Waals surface area contributed by atoms with E-state index in [9.17, 15) is 8.42 Å². The number of ether oxygens (including phenoxy) is 2. The van der Waals surface area contributed by atoms with Crippen molar-refractivity contribution in [3.05, 3.63) is 42.5 Å². The van der Waals surface area contributed by atoms with Crippen molar-refractivity contribution >= 4 is 21.4 Å². The molecule has 0 bridgehead atoms. The van der Waals surface area contributed by atoms with E-state index >= 15 is 0 Å². The summed E-state index contributed by atoms with van der Waals surface area (Å²) >= 11 is 1.19. The maximum absolute atomic E-state index is 12.9. The molecular formula is C17H20N4O4S2. The van der Waals surface area contributed by atoms with Crippen LogP contribution in [0.4, 0.5) is 0 Å². The largest absolute Gasteiger partial charge is 0.497 e. The lowest BCUT2D eigenvalue weighted by molar-refractivity contribution is 0.395. The molecule has 0 fully saturated rings. The molecule has 0 aliphatic heterocycles. The minimum absolute atomic E-state index is 0.137. The number of methoxy groups -OCH3 is 2. The predicted octanol–water partition coefficient (Wildman–Crippen LogP) is 2.38. The Labute approximate surface area is 162 Å². The second kappa shape index (κ2) is 7.67. The minimum Gasteiger partial charge on any atom is -0.497 e. The van der Waals surface area contributed by atoms with Gasteiger partial charge in [-0.25, -0.2) is 8.42 Å². The number of aryl methyl sites for hydroxylation is 1. The van der Waals surface area contributed by atoms with Gasteiger partial charge in [0.05, 0.1) is 20.8 Å². The Bertz CT molecular complexity index is 1040. The van der Waals surface area contributed by atoms with Crippen molar-refractivity contribution in [1.82, 2.24) is 19.1 Å². The second-order valence-corrected chi connectivity index (χ2v) is 9.16. The Morgan fingerprint density at radius 3 is 2.59 bits per heavy atom. The SMILES string of the molecule is COc1ccc(-c2ccc(S(=O)(=O)N(C)Cc3nncn3C)s2)c(OC)c1. The van der Waals surface area contributed by atoms with Gasteiger partial charge in [0.2, 0.25) is 0 Å². The maximum Gasteiger partial charge on any atom is 0.252 e.